The summed E-state index contributed by atoms with van der Waals surface area (Å²) in [7, 11) is 0. The van der Waals surface area contributed by atoms with Crippen molar-refractivity contribution in [3.05, 3.63) is 42.5 Å². The first-order valence-electron chi connectivity index (χ1n) is 4.30. The minimum atomic E-state index is 0. The van der Waals surface area contributed by atoms with Crippen molar-refractivity contribution in [3.63, 3.8) is 0 Å². The molecule has 1 aromatic carbocycles. The summed E-state index contributed by atoms with van der Waals surface area (Å²) in [5.41, 5.74) is 1.02. The Bertz CT molecular complexity index is 440. The molecule has 1 heterocycles. The van der Waals surface area contributed by atoms with Gasteiger partial charge in [0.1, 0.15) is 0 Å². The van der Waals surface area contributed by atoms with Crippen LogP contribution in [0.15, 0.2) is 29.3 Å². The van der Waals surface area contributed by atoms with Gasteiger partial charge in [-0.2, -0.15) is 23.9 Å². The zero-order chi connectivity index (χ0) is 9.97. The first-order valence-corrected chi connectivity index (χ1v) is 5.52. The van der Waals surface area contributed by atoms with Gasteiger partial charge >= 0.3 is 0 Å². The van der Waals surface area contributed by atoms with Crippen molar-refractivity contribution in [1.29, 1.82) is 0 Å². The Kier molecular flexibility index (Phi) is 5.03. The molecule has 0 aliphatic rings. The molecular formula is C11H10N2SY-2. The van der Waals surface area contributed by atoms with Gasteiger partial charge in [-0.15, -0.1) is 4.90 Å². The number of benzene rings is 1. The Labute approximate surface area is 119 Å². The summed E-state index contributed by atoms with van der Waals surface area (Å²) in [5.74, 6) is 0.933. The number of rotatable bonds is 2. The van der Waals surface area contributed by atoms with E-state index in [2.05, 4.69) is 29.6 Å². The monoisotopic (exact) mass is 291 g/mol. The van der Waals surface area contributed by atoms with Gasteiger partial charge in [0.25, 0.3) is 0 Å². The Morgan fingerprint density at radius 2 is 2.27 bits per heavy atom. The molecule has 0 fully saturated rings. The van der Waals surface area contributed by atoms with Crippen molar-refractivity contribution in [2.24, 2.45) is 0 Å². The van der Waals surface area contributed by atoms with Crippen LogP contribution in [-0.2, 0) is 32.7 Å². The van der Waals surface area contributed by atoms with Crippen molar-refractivity contribution in [1.82, 2.24) is 9.55 Å². The molecule has 15 heavy (non-hydrogen) atoms. The molecule has 1 radical (unpaired) electrons. The van der Waals surface area contributed by atoms with Crippen molar-refractivity contribution < 1.29 is 32.7 Å². The second-order valence-corrected chi connectivity index (χ2v) is 3.71. The molecule has 2 nitrogen and oxygen atoms in total. The third kappa shape index (κ3) is 2.71. The first-order chi connectivity index (χ1) is 6.83. The molecule has 1 aromatic heterocycles. The van der Waals surface area contributed by atoms with Gasteiger partial charge in [0, 0.05) is 32.7 Å². The Hall–Kier alpha value is -0.116. The van der Waals surface area contributed by atoms with Crippen LogP contribution in [0.25, 0.3) is 5.69 Å². The molecule has 0 spiro atoms. The fourth-order valence-corrected chi connectivity index (χ4v) is 1.87. The number of nitrogens with zero attached hydrogens (tertiary/aromatic N) is 2. The molecule has 0 bridgehead atoms. The minimum Gasteiger partial charge on any atom is -0.486 e. The Morgan fingerprint density at radius 3 is 2.87 bits per heavy atom. The van der Waals surface area contributed by atoms with E-state index >= 15 is 0 Å². The van der Waals surface area contributed by atoms with Gasteiger partial charge in [0.05, 0.1) is 0 Å². The van der Waals surface area contributed by atoms with Gasteiger partial charge in [0.2, 0.25) is 0 Å². The molecule has 0 atom stereocenters. The van der Waals surface area contributed by atoms with Crippen molar-refractivity contribution in [3.8, 4) is 5.69 Å². The third-order valence-corrected chi connectivity index (χ3v) is 2.77. The van der Waals surface area contributed by atoms with Gasteiger partial charge in [-0.25, -0.2) is 17.8 Å². The second-order valence-electron chi connectivity index (χ2n) is 2.86. The number of aryl methyl sites for hydroxylation is 1. The molecule has 75 valence electrons. The van der Waals surface area contributed by atoms with Crippen LogP contribution in [0.5, 0.6) is 0 Å². The van der Waals surface area contributed by atoms with Crippen LogP contribution in [0.3, 0.4) is 0 Å². The summed E-state index contributed by atoms with van der Waals surface area (Å²) in [4.78, 5) is 5.33. The Balaban J connectivity index is 0.00000112. The third-order valence-electron chi connectivity index (χ3n) is 2.00. The topological polar surface area (TPSA) is 17.8 Å². The minimum absolute atomic E-state index is 0. The van der Waals surface area contributed by atoms with Crippen LogP contribution >= 0.6 is 11.8 Å². The van der Waals surface area contributed by atoms with E-state index in [0.717, 1.165) is 11.5 Å². The molecule has 0 aliphatic heterocycles. The van der Waals surface area contributed by atoms with Gasteiger partial charge < -0.3 is 9.55 Å². The molecule has 2 aromatic rings. The first kappa shape index (κ1) is 13.0. The molecule has 0 saturated heterocycles. The average Bonchev–Trinajstić information content (AvgIpc) is 2.64. The summed E-state index contributed by atoms with van der Waals surface area (Å²) in [5, 5.41) is 0. The largest absolute Gasteiger partial charge is 0.486 e. The summed E-state index contributed by atoms with van der Waals surface area (Å²) < 4.78 is 1.92. The molecule has 0 N–H and O–H groups in total. The smallest absolute Gasteiger partial charge is 0 e. The zero-order valence-electron chi connectivity index (χ0n) is 8.69. The van der Waals surface area contributed by atoms with E-state index < -0.39 is 0 Å². The predicted octanol–water partition coefficient (Wildman–Crippen LogP) is 2.50. The summed E-state index contributed by atoms with van der Waals surface area (Å²) in [6, 6.07) is 9.17. The fourth-order valence-electron chi connectivity index (χ4n) is 1.31. The molecule has 0 amide bonds. The van der Waals surface area contributed by atoms with E-state index in [1.807, 2.05) is 23.6 Å². The Morgan fingerprint density at radius 1 is 1.47 bits per heavy atom. The fraction of sp³-hybridized carbons (Fsp3) is 0.182. The van der Waals surface area contributed by atoms with E-state index in [0.29, 0.717) is 0 Å². The van der Waals surface area contributed by atoms with E-state index in [9.17, 15) is 0 Å². The van der Waals surface area contributed by atoms with Crippen LogP contribution in [0.1, 0.15) is 5.82 Å². The average molecular weight is 291 g/mol. The van der Waals surface area contributed by atoms with Crippen LogP contribution in [-0.4, -0.2) is 15.8 Å². The summed E-state index contributed by atoms with van der Waals surface area (Å²) in [6.07, 6.45) is 6.79. The van der Waals surface area contributed by atoms with E-state index in [4.69, 9.17) is 0 Å². The van der Waals surface area contributed by atoms with Crippen molar-refractivity contribution in [2.75, 3.05) is 6.26 Å². The maximum absolute atomic E-state index is 4.15. The molecule has 2 rings (SSSR count). The molecule has 0 unspecified atom stereocenters. The van der Waals surface area contributed by atoms with Crippen LogP contribution in [0, 0.1) is 19.2 Å². The normalized spacial score (nSPS) is 9.73. The van der Waals surface area contributed by atoms with Crippen LogP contribution < -0.4 is 0 Å². The number of hydrogen-bond donors (Lipinski definition) is 0. The standard InChI is InChI=1S/C11H10N2S.Y/c1-9-12-7-8-13(9)10-5-3-4-6-11(10)14-2;/h3-4,6-7H,1-2H3;/q-2;. The number of imidazole rings is 1. The second kappa shape index (κ2) is 5.83. The van der Waals surface area contributed by atoms with Gasteiger partial charge in [-0.3, -0.25) is 0 Å². The summed E-state index contributed by atoms with van der Waals surface area (Å²) in [6.45, 7) is 1.96. The number of thioether (sulfide) groups is 1. The maximum Gasteiger partial charge on any atom is 0 e. The number of para-hydroxylation sites is 1. The van der Waals surface area contributed by atoms with E-state index in [1.54, 1.807) is 18.0 Å². The molecule has 0 aliphatic carbocycles. The molecular weight excluding hydrogens is 281 g/mol. The predicted molar refractivity (Wildman–Crippen MR) is 57.8 cm³/mol. The zero-order valence-corrected chi connectivity index (χ0v) is 12.3. The van der Waals surface area contributed by atoms with Crippen LogP contribution in [0.2, 0.25) is 0 Å². The van der Waals surface area contributed by atoms with Gasteiger partial charge in [0.15, 0.2) is 0 Å². The van der Waals surface area contributed by atoms with Gasteiger partial charge in [-0.1, -0.05) is 13.1 Å². The number of hydrogen-bond acceptors (Lipinski definition) is 2. The van der Waals surface area contributed by atoms with E-state index in [-0.39, 0.29) is 32.7 Å². The van der Waals surface area contributed by atoms with Crippen molar-refractivity contribution >= 4 is 11.8 Å². The molecule has 4 heteroatoms. The number of aromatic nitrogens is 2. The van der Waals surface area contributed by atoms with Crippen LogP contribution in [0.4, 0.5) is 0 Å². The SMILES string of the molecule is CSc1ccc[c-]c1-n1[c-]cnc1C.[Y]. The molecule has 0 saturated carbocycles. The van der Waals surface area contributed by atoms with Gasteiger partial charge in [-0.05, 0) is 18.3 Å². The van der Waals surface area contributed by atoms with E-state index in [1.165, 1.54) is 4.90 Å². The summed E-state index contributed by atoms with van der Waals surface area (Å²) >= 11 is 1.70. The quantitative estimate of drug-likeness (QED) is 0.625. The van der Waals surface area contributed by atoms with Crippen molar-refractivity contribution in [2.45, 2.75) is 11.8 Å². The maximum atomic E-state index is 4.15.